The van der Waals surface area contributed by atoms with E-state index in [1.54, 1.807) is 28.5 Å². The van der Waals surface area contributed by atoms with E-state index in [9.17, 15) is 13.2 Å². The molecule has 4 aromatic rings. The number of aromatic nitrogens is 5. The summed E-state index contributed by atoms with van der Waals surface area (Å²) in [6.07, 6.45) is -2.76. The molecule has 1 aliphatic rings. The van der Waals surface area contributed by atoms with Crippen LogP contribution in [0.15, 0.2) is 42.6 Å². The molecule has 1 saturated carbocycles. The number of nitrogens with zero attached hydrogens (tertiary/aromatic N) is 6. The molecule has 6 nitrogen and oxygen atoms in total. The summed E-state index contributed by atoms with van der Waals surface area (Å²) in [4.78, 5) is 10.5. The first-order valence-corrected chi connectivity index (χ1v) is 9.76. The fourth-order valence-electron chi connectivity index (χ4n) is 3.41. The average Bonchev–Trinajstić information content (AvgIpc) is 3.48. The van der Waals surface area contributed by atoms with Crippen LogP contribution >= 0.6 is 11.6 Å². The molecule has 3 aromatic heterocycles. The van der Waals surface area contributed by atoms with Crippen molar-refractivity contribution in [3.8, 4) is 11.8 Å². The highest BCUT2D eigenvalue weighted by atomic mass is 35.5. The van der Waals surface area contributed by atoms with Crippen LogP contribution in [0, 0.1) is 17.3 Å². The molecular weight excluding hydrogens is 429 g/mol. The van der Waals surface area contributed by atoms with E-state index in [1.165, 1.54) is 6.20 Å². The van der Waals surface area contributed by atoms with E-state index in [4.69, 9.17) is 11.6 Å². The predicted octanol–water partition coefficient (Wildman–Crippen LogP) is 4.79. The summed E-state index contributed by atoms with van der Waals surface area (Å²) < 4.78 is 41.1. The average molecular weight is 443 g/mol. The summed E-state index contributed by atoms with van der Waals surface area (Å²) in [6.45, 7) is 0. The zero-order chi connectivity index (χ0) is 21.8. The summed E-state index contributed by atoms with van der Waals surface area (Å²) in [5.41, 5.74) is -0.189. The Morgan fingerprint density at radius 2 is 1.94 bits per heavy atom. The first kappa shape index (κ1) is 19.6. The van der Waals surface area contributed by atoms with Gasteiger partial charge in [0, 0.05) is 24.3 Å². The predicted molar refractivity (Wildman–Crippen MR) is 110 cm³/mol. The zero-order valence-electron chi connectivity index (χ0n) is 16.2. The minimum absolute atomic E-state index is 0.0277. The van der Waals surface area contributed by atoms with Crippen molar-refractivity contribution in [1.82, 2.24) is 24.6 Å². The lowest BCUT2D eigenvalue weighted by Gasteiger charge is -2.20. The van der Waals surface area contributed by atoms with E-state index in [-0.39, 0.29) is 23.8 Å². The quantitative estimate of drug-likeness (QED) is 0.418. The number of anilines is 2. The van der Waals surface area contributed by atoms with Gasteiger partial charge in [-0.1, -0.05) is 18.1 Å². The molecule has 0 spiro atoms. The zero-order valence-corrected chi connectivity index (χ0v) is 16.9. The maximum Gasteiger partial charge on any atom is 0.405 e. The number of para-hydroxylation sites is 1. The Balaban J connectivity index is 1.57. The van der Waals surface area contributed by atoms with Crippen molar-refractivity contribution in [1.29, 1.82) is 0 Å². The molecule has 0 radical (unpaired) electrons. The highest BCUT2D eigenvalue weighted by Crippen LogP contribution is 2.57. The second kappa shape index (κ2) is 6.82. The summed E-state index contributed by atoms with van der Waals surface area (Å²) >= 11 is 6.16. The third kappa shape index (κ3) is 3.24. The number of benzene rings is 1. The molecule has 1 fully saturated rings. The minimum Gasteiger partial charge on any atom is -0.329 e. The molecule has 0 amide bonds. The molecule has 0 atom stereocenters. The normalized spacial score (nSPS) is 15.0. The largest absolute Gasteiger partial charge is 0.405 e. The van der Waals surface area contributed by atoms with Crippen LogP contribution in [0.2, 0.25) is 5.28 Å². The molecule has 3 heterocycles. The van der Waals surface area contributed by atoms with Gasteiger partial charge in [0.1, 0.15) is 16.9 Å². The third-order valence-corrected chi connectivity index (χ3v) is 5.61. The maximum absolute atomic E-state index is 13.1. The molecule has 0 aliphatic heterocycles. The highest BCUT2D eigenvalue weighted by molar-refractivity contribution is 6.29. The van der Waals surface area contributed by atoms with Crippen molar-refractivity contribution in [2.75, 3.05) is 11.9 Å². The van der Waals surface area contributed by atoms with Gasteiger partial charge in [0.2, 0.25) is 5.28 Å². The molecule has 156 valence electrons. The standard InChI is InChI=1S/C21H14ClF3N6/c1-30(14-7-11-26-13(12-14)6-8-20(9-10-20)21(23,24)25)17-15-4-2-3-5-16(15)31-18(22)28-29-19(31)27-17/h2-5,7,11-12H,9-10H2,1H3. The third-order valence-electron chi connectivity index (χ3n) is 5.37. The first-order chi connectivity index (χ1) is 14.8. The Labute approximate surface area is 179 Å². The van der Waals surface area contributed by atoms with Crippen LogP contribution in [0.1, 0.15) is 18.5 Å². The molecule has 10 heteroatoms. The molecule has 0 bridgehead atoms. The Kier molecular flexibility index (Phi) is 4.31. The maximum atomic E-state index is 13.1. The van der Waals surface area contributed by atoms with Crippen LogP contribution in [0.3, 0.4) is 0 Å². The smallest absolute Gasteiger partial charge is 0.329 e. The molecule has 0 saturated heterocycles. The van der Waals surface area contributed by atoms with Crippen LogP contribution in [0.5, 0.6) is 0 Å². The molecule has 1 aliphatic carbocycles. The Hall–Kier alpha value is -3.38. The van der Waals surface area contributed by atoms with Crippen LogP contribution in [-0.4, -0.2) is 37.8 Å². The number of halogens is 4. The molecule has 0 N–H and O–H groups in total. The van der Waals surface area contributed by atoms with Gasteiger partial charge in [-0.05, 0) is 54.6 Å². The highest BCUT2D eigenvalue weighted by Gasteiger charge is 2.62. The van der Waals surface area contributed by atoms with Gasteiger partial charge in [-0.2, -0.15) is 18.2 Å². The topological polar surface area (TPSA) is 59.2 Å². The van der Waals surface area contributed by atoms with E-state index in [1.807, 2.05) is 24.3 Å². The van der Waals surface area contributed by atoms with Crippen molar-refractivity contribution < 1.29 is 13.2 Å². The fourth-order valence-corrected chi connectivity index (χ4v) is 3.62. The molecular formula is C21H14ClF3N6. The number of pyridine rings is 1. The number of alkyl halides is 3. The van der Waals surface area contributed by atoms with E-state index < -0.39 is 11.6 Å². The van der Waals surface area contributed by atoms with E-state index in [0.29, 0.717) is 17.3 Å². The van der Waals surface area contributed by atoms with Crippen LogP contribution in [0.25, 0.3) is 16.7 Å². The van der Waals surface area contributed by atoms with Gasteiger partial charge in [-0.25, -0.2) is 9.38 Å². The fraction of sp³-hybridized carbons (Fsp3) is 0.238. The summed E-state index contributed by atoms with van der Waals surface area (Å²) in [6, 6.07) is 10.9. The lowest BCUT2D eigenvalue weighted by molar-refractivity contribution is -0.168. The number of rotatable bonds is 2. The lowest BCUT2D eigenvalue weighted by atomic mass is 10.1. The van der Waals surface area contributed by atoms with Crippen LogP contribution in [0.4, 0.5) is 24.7 Å². The Bertz CT molecular complexity index is 1380. The Morgan fingerprint density at radius 3 is 2.68 bits per heavy atom. The van der Waals surface area contributed by atoms with Gasteiger partial charge in [-0.15, -0.1) is 10.2 Å². The van der Waals surface area contributed by atoms with Gasteiger partial charge < -0.3 is 4.90 Å². The van der Waals surface area contributed by atoms with Crippen molar-refractivity contribution in [3.63, 3.8) is 0 Å². The van der Waals surface area contributed by atoms with E-state index in [0.717, 1.165) is 10.9 Å². The van der Waals surface area contributed by atoms with Crippen LogP contribution in [-0.2, 0) is 0 Å². The number of fused-ring (bicyclic) bond motifs is 3. The van der Waals surface area contributed by atoms with Gasteiger partial charge >= 0.3 is 6.18 Å². The lowest BCUT2D eigenvalue weighted by Crippen LogP contribution is -2.22. The first-order valence-electron chi connectivity index (χ1n) is 9.38. The van der Waals surface area contributed by atoms with Crippen molar-refractivity contribution in [2.24, 2.45) is 5.41 Å². The second-order valence-corrected chi connectivity index (χ2v) is 7.68. The van der Waals surface area contributed by atoms with Crippen molar-refractivity contribution in [2.45, 2.75) is 19.0 Å². The molecule has 0 unspecified atom stereocenters. The monoisotopic (exact) mass is 442 g/mol. The number of hydrogen-bond donors (Lipinski definition) is 0. The molecule has 5 rings (SSSR count). The Morgan fingerprint density at radius 1 is 1.16 bits per heavy atom. The van der Waals surface area contributed by atoms with Crippen molar-refractivity contribution >= 4 is 39.8 Å². The van der Waals surface area contributed by atoms with E-state index >= 15 is 0 Å². The minimum atomic E-state index is -4.33. The number of hydrogen-bond acceptors (Lipinski definition) is 5. The summed E-state index contributed by atoms with van der Waals surface area (Å²) in [5, 5.41) is 8.90. The molecule has 1 aromatic carbocycles. The van der Waals surface area contributed by atoms with E-state index in [2.05, 4.69) is 32.0 Å². The van der Waals surface area contributed by atoms with Gasteiger partial charge in [0.05, 0.1) is 5.52 Å². The van der Waals surface area contributed by atoms with Gasteiger partial charge in [0.25, 0.3) is 5.78 Å². The van der Waals surface area contributed by atoms with Gasteiger partial charge in [-0.3, -0.25) is 0 Å². The molecule has 31 heavy (non-hydrogen) atoms. The SMILES string of the molecule is CN(c1ccnc(C#CC2(C(F)(F)F)CC2)c1)c1nc2nnc(Cl)n2c2ccccc12. The van der Waals surface area contributed by atoms with Gasteiger partial charge in [0.15, 0.2) is 0 Å². The summed E-state index contributed by atoms with van der Waals surface area (Å²) in [5.74, 6) is 5.90. The second-order valence-electron chi connectivity index (χ2n) is 7.35. The van der Waals surface area contributed by atoms with Crippen molar-refractivity contribution in [3.05, 3.63) is 53.6 Å². The van der Waals surface area contributed by atoms with Crippen LogP contribution < -0.4 is 4.90 Å². The summed E-state index contributed by atoms with van der Waals surface area (Å²) in [7, 11) is 1.80.